The molecule has 78 valence electrons. The Morgan fingerprint density at radius 3 is 1.94 bits per heavy atom. The molecule has 2 aliphatic carbocycles. The number of hydrogen-bond acceptors (Lipinski definition) is 0. The van der Waals surface area contributed by atoms with Crippen LogP contribution < -0.4 is 0 Å². The molecule has 1 aromatic rings. The van der Waals surface area contributed by atoms with Crippen LogP contribution >= 0.6 is 0 Å². The Labute approximate surface area is 96.6 Å². The summed E-state index contributed by atoms with van der Waals surface area (Å²) in [6, 6.07) is 8.36. The molecule has 0 radical (unpaired) electrons. The van der Waals surface area contributed by atoms with E-state index >= 15 is 0 Å². The van der Waals surface area contributed by atoms with E-state index in [1.165, 1.54) is 16.7 Å². The van der Waals surface area contributed by atoms with Crippen molar-refractivity contribution >= 4 is 12.2 Å². The lowest BCUT2D eigenvalue weighted by atomic mass is 9.99. The Morgan fingerprint density at radius 2 is 1.62 bits per heavy atom. The van der Waals surface area contributed by atoms with E-state index in [-0.39, 0.29) is 0 Å². The minimum Gasteiger partial charge on any atom is -0.125 e. The van der Waals surface area contributed by atoms with Crippen molar-refractivity contribution in [3.63, 3.8) is 0 Å². The van der Waals surface area contributed by atoms with Crippen LogP contribution in [0, 0.1) is 0 Å². The lowest BCUT2D eigenvalue weighted by Crippen LogP contribution is -1.85. The lowest BCUT2D eigenvalue weighted by Gasteiger charge is -2.06. The van der Waals surface area contributed by atoms with Crippen LogP contribution in [0.2, 0.25) is 0 Å². The zero-order valence-electron chi connectivity index (χ0n) is 9.19. The number of allylic oxidation sites excluding steroid dienone is 5. The van der Waals surface area contributed by atoms with Crippen LogP contribution in [0.1, 0.15) is 17.5 Å². The molecule has 0 spiro atoms. The Kier molecular flexibility index (Phi) is 3.38. The van der Waals surface area contributed by atoms with Crippen LogP contribution in [0.5, 0.6) is 0 Å². The fraction of sp³-hybridized carbons (Fsp3) is 0.0625. The number of rotatable bonds is 0. The third-order valence-electron chi connectivity index (χ3n) is 2.55. The molecule has 0 bridgehead atoms. The number of hydrogen-bond donors (Lipinski definition) is 0. The van der Waals surface area contributed by atoms with E-state index in [2.05, 4.69) is 54.8 Å². The van der Waals surface area contributed by atoms with E-state index in [9.17, 15) is 0 Å². The molecule has 0 saturated heterocycles. The summed E-state index contributed by atoms with van der Waals surface area (Å²) < 4.78 is 0. The standard InChI is InChI=1S/C8H6.C8H8/c1-2-4-8-6-5-7(8)3-1;1-2-8-6-4-3-5-7-8/h1-6H;3-6H,1,7H2. The Hall–Kier alpha value is -2.04. The predicted molar refractivity (Wildman–Crippen MR) is 70.9 cm³/mol. The lowest BCUT2D eigenvalue weighted by molar-refractivity contribution is 1.27. The molecular weight excluding hydrogens is 192 g/mol. The van der Waals surface area contributed by atoms with Crippen molar-refractivity contribution in [1.29, 1.82) is 0 Å². The first kappa shape index (κ1) is 10.5. The van der Waals surface area contributed by atoms with E-state index in [0.29, 0.717) is 0 Å². The molecule has 0 fully saturated rings. The zero-order valence-corrected chi connectivity index (χ0v) is 9.19. The van der Waals surface area contributed by atoms with E-state index in [1.54, 1.807) is 0 Å². The van der Waals surface area contributed by atoms with Gasteiger partial charge in [0.05, 0.1) is 0 Å². The molecule has 0 amide bonds. The summed E-state index contributed by atoms with van der Waals surface area (Å²) >= 11 is 0. The summed E-state index contributed by atoms with van der Waals surface area (Å²) in [6.45, 7) is 3.54. The maximum Gasteiger partial charge on any atom is -0.00208 e. The summed E-state index contributed by atoms with van der Waals surface area (Å²) in [4.78, 5) is 0. The minimum absolute atomic E-state index is 0.986. The Bertz CT molecular complexity index is 482. The van der Waals surface area contributed by atoms with Crippen molar-refractivity contribution in [2.75, 3.05) is 0 Å². The van der Waals surface area contributed by atoms with Crippen molar-refractivity contribution in [1.82, 2.24) is 0 Å². The van der Waals surface area contributed by atoms with Gasteiger partial charge in [0.1, 0.15) is 0 Å². The Morgan fingerprint density at radius 1 is 0.938 bits per heavy atom. The number of fused-ring (bicyclic) bond motifs is 1. The van der Waals surface area contributed by atoms with Gasteiger partial charge in [0, 0.05) is 0 Å². The average molecular weight is 206 g/mol. The van der Waals surface area contributed by atoms with Gasteiger partial charge in [-0.1, -0.05) is 67.3 Å². The largest absolute Gasteiger partial charge is 0.125 e. The summed E-state index contributed by atoms with van der Waals surface area (Å²) in [5, 5.41) is 0. The fourth-order valence-electron chi connectivity index (χ4n) is 1.54. The van der Waals surface area contributed by atoms with Gasteiger partial charge < -0.3 is 0 Å². The monoisotopic (exact) mass is 206 g/mol. The predicted octanol–water partition coefficient (Wildman–Crippen LogP) is 4.38. The highest BCUT2D eigenvalue weighted by Gasteiger charge is 1.99. The van der Waals surface area contributed by atoms with E-state index in [4.69, 9.17) is 0 Å². The van der Waals surface area contributed by atoms with Crippen LogP contribution in [0.3, 0.4) is 0 Å². The molecule has 0 saturated carbocycles. The summed E-state index contributed by atoms with van der Waals surface area (Å²) in [5.41, 5.74) is 6.74. The van der Waals surface area contributed by atoms with Gasteiger partial charge in [0.15, 0.2) is 0 Å². The maximum atomic E-state index is 3.54. The SMILES string of the molecule is C1=Cc2ccccc21.C=C=C1C=CC=CC1. The minimum atomic E-state index is 0.986. The van der Waals surface area contributed by atoms with E-state index in [0.717, 1.165) is 6.42 Å². The second kappa shape index (κ2) is 5.16. The van der Waals surface area contributed by atoms with Gasteiger partial charge in [-0.2, -0.15) is 0 Å². The Balaban J connectivity index is 0.000000120. The molecule has 3 rings (SSSR count). The van der Waals surface area contributed by atoms with Gasteiger partial charge in [-0.05, 0) is 23.1 Å². The maximum absolute atomic E-state index is 3.54. The van der Waals surface area contributed by atoms with Crippen molar-refractivity contribution in [2.24, 2.45) is 0 Å². The van der Waals surface area contributed by atoms with Crippen molar-refractivity contribution in [3.8, 4) is 0 Å². The van der Waals surface area contributed by atoms with Crippen LogP contribution in [0.25, 0.3) is 12.2 Å². The van der Waals surface area contributed by atoms with Crippen LogP contribution in [0.4, 0.5) is 0 Å². The van der Waals surface area contributed by atoms with E-state index < -0.39 is 0 Å². The fourth-order valence-corrected chi connectivity index (χ4v) is 1.54. The highest BCUT2D eigenvalue weighted by Crippen LogP contribution is 2.21. The van der Waals surface area contributed by atoms with Gasteiger partial charge in [0.25, 0.3) is 0 Å². The third-order valence-corrected chi connectivity index (χ3v) is 2.55. The molecule has 1 aromatic carbocycles. The second-order valence-corrected chi connectivity index (χ2v) is 3.66. The smallest absolute Gasteiger partial charge is 0.00208 e. The topological polar surface area (TPSA) is 0 Å². The van der Waals surface area contributed by atoms with Crippen LogP contribution in [-0.2, 0) is 0 Å². The normalized spacial score (nSPS) is 14.4. The summed E-state index contributed by atoms with van der Waals surface area (Å²) in [5.74, 6) is 0. The van der Waals surface area contributed by atoms with E-state index in [1.807, 2.05) is 18.2 Å². The second-order valence-electron chi connectivity index (χ2n) is 3.66. The van der Waals surface area contributed by atoms with Gasteiger partial charge in [-0.15, -0.1) is 5.73 Å². The molecule has 2 aliphatic rings. The zero-order chi connectivity index (χ0) is 11.2. The molecule has 0 heterocycles. The van der Waals surface area contributed by atoms with Gasteiger partial charge >= 0.3 is 0 Å². The first-order valence-electron chi connectivity index (χ1n) is 5.39. The number of benzene rings is 1. The molecule has 0 unspecified atom stereocenters. The molecule has 0 N–H and O–H groups in total. The quantitative estimate of drug-likeness (QED) is 0.561. The molecule has 0 nitrogen and oxygen atoms in total. The highest BCUT2D eigenvalue weighted by atomic mass is 14.0. The van der Waals surface area contributed by atoms with Crippen molar-refractivity contribution in [3.05, 3.63) is 77.6 Å². The molecule has 0 heteroatoms. The third kappa shape index (κ3) is 2.50. The first-order valence-corrected chi connectivity index (χ1v) is 5.39. The highest BCUT2D eigenvalue weighted by molar-refractivity contribution is 5.85. The molecule has 0 aromatic heterocycles. The van der Waals surface area contributed by atoms with Crippen LogP contribution in [-0.4, -0.2) is 0 Å². The molecular formula is C16H14. The van der Waals surface area contributed by atoms with Gasteiger partial charge in [-0.3, -0.25) is 0 Å². The molecule has 16 heavy (non-hydrogen) atoms. The van der Waals surface area contributed by atoms with Crippen molar-refractivity contribution < 1.29 is 0 Å². The van der Waals surface area contributed by atoms with Gasteiger partial charge in [-0.25, -0.2) is 0 Å². The van der Waals surface area contributed by atoms with Crippen molar-refractivity contribution in [2.45, 2.75) is 6.42 Å². The summed E-state index contributed by atoms with van der Waals surface area (Å²) in [7, 11) is 0. The average Bonchev–Trinajstić information content (AvgIpc) is 2.33. The summed E-state index contributed by atoms with van der Waals surface area (Å²) in [6.07, 6.45) is 13.4. The first-order chi connectivity index (χ1) is 7.90. The molecule has 0 atom stereocenters. The van der Waals surface area contributed by atoms with Gasteiger partial charge in [0.2, 0.25) is 0 Å². The molecule has 0 aliphatic heterocycles. The van der Waals surface area contributed by atoms with Crippen LogP contribution in [0.15, 0.2) is 66.5 Å².